The van der Waals surface area contributed by atoms with Crippen molar-refractivity contribution >= 4 is 21.4 Å². The van der Waals surface area contributed by atoms with Gasteiger partial charge in [-0.1, -0.05) is 8.96 Å². The van der Waals surface area contributed by atoms with Crippen LogP contribution in [0.15, 0.2) is 0 Å². The molecule has 0 spiro atoms. The van der Waals surface area contributed by atoms with Gasteiger partial charge in [0.1, 0.15) is 6.42 Å². The summed E-state index contributed by atoms with van der Waals surface area (Å²) in [5.41, 5.74) is -1.79. The molecule has 0 heterocycles. The first kappa shape index (κ1) is 14.3. The first-order chi connectivity index (χ1) is 5.06. The van der Waals surface area contributed by atoms with Gasteiger partial charge in [-0.25, -0.2) is 4.79 Å². The van der Waals surface area contributed by atoms with Crippen molar-refractivity contribution < 1.29 is 48.2 Å². The average molecular weight is 195 g/mol. The molecule has 0 saturated heterocycles. The molecule has 0 bridgehead atoms. The van der Waals surface area contributed by atoms with Crippen molar-refractivity contribution in [3.8, 4) is 0 Å². The van der Waals surface area contributed by atoms with Crippen LogP contribution in [0.5, 0.6) is 0 Å². The van der Waals surface area contributed by atoms with Crippen molar-refractivity contribution in [1.82, 2.24) is 5.51 Å². The largest absolute Gasteiger partial charge is 1.00 e. The summed E-state index contributed by atoms with van der Waals surface area (Å²) in [6.07, 6.45) is -0.853. The molecule has 0 aliphatic carbocycles. The monoisotopic (exact) mass is 195 g/mol. The third-order valence-corrected chi connectivity index (χ3v) is 0.854. The van der Waals surface area contributed by atoms with E-state index in [1.54, 1.807) is 9.47 Å². The van der Waals surface area contributed by atoms with E-state index in [1.165, 1.54) is 0 Å². The third-order valence-electron chi connectivity index (χ3n) is 0.591. The summed E-state index contributed by atoms with van der Waals surface area (Å²) < 4.78 is 26.1. The Kier molecular flexibility index (Phi) is 8.87. The number of rotatable bonds is 3. The van der Waals surface area contributed by atoms with Crippen molar-refractivity contribution in [2.24, 2.45) is 0 Å². The topological polar surface area (TPSA) is 55.8 Å². The molecule has 0 rings (SSSR count). The van der Waals surface area contributed by atoms with Gasteiger partial charge >= 0.3 is 30.8 Å². The number of carbonyl (C=O) groups excluding carboxylic acids is 2. The van der Waals surface area contributed by atoms with Crippen molar-refractivity contribution in [3.05, 3.63) is 0 Å². The molecule has 0 aromatic carbocycles. The second-order valence-corrected chi connectivity index (χ2v) is 1.57. The minimum atomic E-state index is -1.79. The van der Waals surface area contributed by atoms with Gasteiger partial charge in [-0.2, -0.15) is 0 Å². The Balaban J connectivity index is -0.000000500. The maximum atomic E-state index is 11.1. The van der Waals surface area contributed by atoms with E-state index in [0.717, 1.165) is 0 Å². The molecule has 12 heavy (non-hydrogen) atoms. The van der Waals surface area contributed by atoms with Gasteiger partial charge < -0.3 is 10.8 Å². The number of hydrogen-bond acceptors (Lipinski definition) is 5. The fraction of sp³-hybridized carbons (Fsp3) is 0.333. The van der Waals surface area contributed by atoms with Gasteiger partial charge in [0.15, 0.2) is 0 Å². The quantitative estimate of drug-likeness (QED) is 0.162. The molecular weight excluding hydrogens is 190 g/mol. The zero-order chi connectivity index (χ0) is 8.85. The van der Waals surface area contributed by atoms with Crippen LogP contribution in [0.4, 0.5) is 8.96 Å². The Morgan fingerprint density at radius 1 is 1.42 bits per heavy atom. The maximum Gasteiger partial charge on any atom is 1.00 e. The molecule has 0 saturated carbocycles. The zero-order valence-electron chi connectivity index (χ0n) is 7.12. The second-order valence-electron chi connectivity index (χ2n) is 1.33. The summed E-state index contributed by atoms with van der Waals surface area (Å²) >= 11 is 0. The smallest absolute Gasteiger partial charge is 1.00 e. The van der Waals surface area contributed by atoms with E-state index in [4.69, 9.17) is 0 Å². The maximum absolute atomic E-state index is 11.1. The van der Waals surface area contributed by atoms with E-state index in [2.05, 4.69) is 9.36 Å². The van der Waals surface area contributed by atoms with E-state index in [0.29, 0.717) is 0 Å². The van der Waals surface area contributed by atoms with Crippen LogP contribution in [0, 0.1) is 0 Å². The molecule has 0 aromatic rings. The van der Waals surface area contributed by atoms with Crippen molar-refractivity contribution in [2.45, 2.75) is 6.42 Å². The Labute approximate surface area is 82.1 Å². The van der Waals surface area contributed by atoms with Crippen LogP contribution in [0.3, 0.4) is 0 Å². The van der Waals surface area contributed by atoms with Gasteiger partial charge in [0.05, 0.1) is 9.47 Å². The third kappa shape index (κ3) is 7.89. The summed E-state index contributed by atoms with van der Waals surface area (Å²) in [6.45, 7) is 0. The number of halogens is 2. The molecule has 5 nitrogen and oxygen atoms in total. The predicted molar refractivity (Wildman–Crippen MR) is 31.7 cm³/mol. The predicted octanol–water partition coefficient (Wildman–Crippen LogP) is -2.64. The summed E-state index contributed by atoms with van der Waals surface area (Å²) in [5.74, 6) is -2.36. The molecule has 0 aliphatic rings. The Morgan fingerprint density at radius 3 is 2.25 bits per heavy atom. The van der Waals surface area contributed by atoms with E-state index in [1.807, 2.05) is 0 Å². The molecule has 0 aromatic heterocycles. The van der Waals surface area contributed by atoms with Crippen LogP contribution in [0.25, 0.3) is 0 Å². The van der Waals surface area contributed by atoms with E-state index in [-0.39, 0.29) is 20.3 Å². The molecule has 1 unspecified atom stereocenters. The second kappa shape index (κ2) is 7.44. The Hall–Kier alpha value is -0.213. The fourth-order valence-electron chi connectivity index (χ4n) is 0.269. The Morgan fingerprint density at radius 2 is 1.92 bits per heavy atom. The van der Waals surface area contributed by atoms with Crippen molar-refractivity contribution in [2.75, 3.05) is 0 Å². The molecule has 0 amide bonds. The fourth-order valence-corrected chi connectivity index (χ4v) is 0.352. The normalized spacial score (nSPS) is 8.67. The minimum absolute atomic E-state index is 0. The van der Waals surface area contributed by atoms with Crippen LogP contribution in [0.1, 0.15) is 7.85 Å². The first-order valence-corrected chi connectivity index (χ1v) is 2.75. The summed E-state index contributed by atoms with van der Waals surface area (Å²) in [5, 5.41) is 0. The Bertz CT molecular complexity index is 173. The molecule has 9 heteroatoms. The van der Waals surface area contributed by atoms with Gasteiger partial charge in [-0.3, -0.25) is 4.79 Å². The van der Waals surface area contributed by atoms with Gasteiger partial charge in [0.25, 0.3) is 0 Å². The SMILES string of the molecule is O=C(CC(=O)ON(F)F)OP.[H-].[Li+]. The first-order valence-electron chi connectivity index (χ1n) is 2.28. The molecular formula is C3H5F2LiNO4P. The van der Waals surface area contributed by atoms with E-state index < -0.39 is 23.9 Å². The van der Waals surface area contributed by atoms with Crippen molar-refractivity contribution in [3.63, 3.8) is 0 Å². The van der Waals surface area contributed by atoms with Gasteiger partial charge in [-0.15, -0.1) is 0 Å². The standard InChI is InChI=1S/C3H4F2NO4P.Li.H/c4-6(5)9-2(7)1-3(8)10-11;;/h1,11H2;;/q;+1;-1. The van der Waals surface area contributed by atoms with Crippen LogP contribution in [-0.4, -0.2) is 17.4 Å². The van der Waals surface area contributed by atoms with Gasteiger partial charge in [-0.05, 0) is 0 Å². The molecule has 0 N–H and O–H groups in total. The van der Waals surface area contributed by atoms with E-state index in [9.17, 15) is 18.6 Å². The molecule has 0 aliphatic heterocycles. The molecule has 66 valence electrons. The van der Waals surface area contributed by atoms with Crippen LogP contribution in [-0.2, 0) is 19.0 Å². The van der Waals surface area contributed by atoms with Crippen LogP contribution >= 0.6 is 9.47 Å². The number of carbonyl (C=O) groups is 2. The van der Waals surface area contributed by atoms with Gasteiger partial charge in [0.2, 0.25) is 5.51 Å². The zero-order valence-corrected chi connectivity index (χ0v) is 7.28. The van der Waals surface area contributed by atoms with E-state index >= 15 is 0 Å². The summed E-state index contributed by atoms with van der Waals surface area (Å²) in [6, 6.07) is 0. The average Bonchev–Trinajstić information content (AvgIpc) is 1.85. The molecule has 0 fully saturated rings. The van der Waals surface area contributed by atoms with Crippen LogP contribution < -0.4 is 18.9 Å². The summed E-state index contributed by atoms with van der Waals surface area (Å²) in [7, 11) is 1.57. The van der Waals surface area contributed by atoms with Crippen LogP contribution in [0.2, 0.25) is 0 Å². The van der Waals surface area contributed by atoms with Gasteiger partial charge in [0, 0.05) is 0 Å². The summed E-state index contributed by atoms with van der Waals surface area (Å²) in [4.78, 5) is 23.5. The molecule has 1 atom stereocenters. The minimum Gasteiger partial charge on any atom is -1.00 e. The number of hydrogen-bond donors (Lipinski definition) is 0. The molecule has 0 radical (unpaired) electrons. The van der Waals surface area contributed by atoms with Crippen molar-refractivity contribution in [1.29, 1.82) is 0 Å². The number of nitrogens with zero attached hydrogens (tertiary/aromatic N) is 1.